The van der Waals surface area contributed by atoms with Gasteiger partial charge >= 0.3 is 5.97 Å². The van der Waals surface area contributed by atoms with Crippen LogP contribution in [0.3, 0.4) is 0 Å². The van der Waals surface area contributed by atoms with Gasteiger partial charge in [-0.15, -0.1) is 0 Å². The van der Waals surface area contributed by atoms with E-state index in [9.17, 15) is 19.2 Å². The van der Waals surface area contributed by atoms with E-state index in [2.05, 4.69) is 10.6 Å². The second-order valence-electron chi connectivity index (χ2n) is 12.6. The molecule has 1 heterocycles. The second kappa shape index (κ2) is 15.3. The van der Waals surface area contributed by atoms with Crippen LogP contribution in [0.2, 0.25) is 0 Å². The molecule has 1 fully saturated rings. The molecule has 3 aromatic carbocycles. The summed E-state index contributed by atoms with van der Waals surface area (Å²) in [6.07, 6.45) is 2.82. The molecular weight excluding hydrogens is 594 g/mol. The van der Waals surface area contributed by atoms with E-state index in [4.69, 9.17) is 9.47 Å². The van der Waals surface area contributed by atoms with Crippen molar-refractivity contribution in [1.29, 1.82) is 0 Å². The summed E-state index contributed by atoms with van der Waals surface area (Å²) in [5.41, 5.74) is 2.11. The summed E-state index contributed by atoms with van der Waals surface area (Å²) >= 11 is 0. The Morgan fingerprint density at radius 1 is 0.894 bits per heavy atom. The van der Waals surface area contributed by atoms with Gasteiger partial charge in [0.1, 0.15) is 5.75 Å². The SMILES string of the molecule is COc1ccccc1C(=O)NC1CCN(C(=O)[C@H]2CC[C@@](C(=O)NCCCC(=O)OC(C)C)(c3ccccc3)c3ccccc32)CC1. The van der Waals surface area contributed by atoms with Crippen molar-refractivity contribution in [3.8, 4) is 5.75 Å². The van der Waals surface area contributed by atoms with Crippen molar-refractivity contribution >= 4 is 23.7 Å². The molecular formula is C38H45N3O6. The minimum absolute atomic E-state index is 0.0447. The molecule has 3 amide bonds. The molecule has 3 aromatic rings. The van der Waals surface area contributed by atoms with Crippen LogP contribution in [0.25, 0.3) is 0 Å². The molecule has 0 radical (unpaired) electrons. The number of amides is 3. The Balaban J connectivity index is 1.29. The third-order valence-corrected chi connectivity index (χ3v) is 9.26. The molecule has 9 heteroatoms. The lowest BCUT2D eigenvalue weighted by molar-refractivity contribution is -0.147. The summed E-state index contributed by atoms with van der Waals surface area (Å²) in [5.74, 6) is -0.385. The number of para-hydroxylation sites is 1. The van der Waals surface area contributed by atoms with Crippen molar-refractivity contribution in [2.24, 2.45) is 0 Å². The van der Waals surface area contributed by atoms with Crippen LogP contribution in [0.5, 0.6) is 5.75 Å². The number of methoxy groups -OCH3 is 1. The molecule has 0 spiro atoms. The Hall–Kier alpha value is -4.66. The van der Waals surface area contributed by atoms with Gasteiger partial charge in [-0.1, -0.05) is 66.7 Å². The van der Waals surface area contributed by atoms with Crippen LogP contribution < -0.4 is 15.4 Å². The second-order valence-corrected chi connectivity index (χ2v) is 12.6. The number of fused-ring (bicyclic) bond motifs is 1. The normalized spacial score (nSPS) is 19.4. The van der Waals surface area contributed by atoms with Gasteiger partial charge < -0.3 is 25.0 Å². The van der Waals surface area contributed by atoms with Crippen LogP contribution in [-0.4, -0.2) is 67.5 Å². The number of esters is 1. The molecule has 9 nitrogen and oxygen atoms in total. The number of piperidine rings is 1. The average molecular weight is 640 g/mol. The number of hydrogen-bond donors (Lipinski definition) is 2. The third kappa shape index (κ3) is 7.50. The minimum atomic E-state index is -0.969. The van der Waals surface area contributed by atoms with Gasteiger partial charge in [0.25, 0.3) is 5.91 Å². The summed E-state index contributed by atoms with van der Waals surface area (Å²) in [6.45, 7) is 5.05. The van der Waals surface area contributed by atoms with Gasteiger partial charge in [0.05, 0.1) is 30.1 Å². The van der Waals surface area contributed by atoms with Gasteiger partial charge in [-0.3, -0.25) is 19.2 Å². The maximum Gasteiger partial charge on any atom is 0.306 e. The third-order valence-electron chi connectivity index (χ3n) is 9.26. The van der Waals surface area contributed by atoms with Crippen LogP contribution in [0.15, 0.2) is 78.9 Å². The van der Waals surface area contributed by atoms with Crippen LogP contribution in [-0.2, 0) is 24.5 Å². The maximum absolute atomic E-state index is 14.2. The Morgan fingerprint density at radius 2 is 1.57 bits per heavy atom. The monoisotopic (exact) mass is 639 g/mol. The molecule has 47 heavy (non-hydrogen) atoms. The molecule has 1 aliphatic carbocycles. The average Bonchev–Trinajstić information content (AvgIpc) is 3.09. The number of rotatable bonds is 11. The largest absolute Gasteiger partial charge is 0.496 e. The minimum Gasteiger partial charge on any atom is -0.496 e. The fourth-order valence-electron chi connectivity index (χ4n) is 6.95. The number of hydrogen-bond acceptors (Lipinski definition) is 6. The lowest BCUT2D eigenvalue weighted by atomic mass is 9.62. The van der Waals surface area contributed by atoms with Crippen molar-refractivity contribution < 1.29 is 28.7 Å². The lowest BCUT2D eigenvalue weighted by Gasteiger charge is -2.42. The van der Waals surface area contributed by atoms with Gasteiger partial charge in [-0.05, 0) is 74.8 Å². The zero-order valence-electron chi connectivity index (χ0n) is 27.5. The highest BCUT2D eigenvalue weighted by molar-refractivity contribution is 5.97. The molecule has 0 aromatic heterocycles. The highest BCUT2D eigenvalue weighted by Crippen LogP contribution is 2.48. The topological polar surface area (TPSA) is 114 Å². The first kappa shape index (κ1) is 33.7. The van der Waals surface area contributed by atoms with E-state index < -0.39 is 5.41 Å². The highest BCUT2D eigenvalue weighted by atomic mass is 16.5. The predicted octanol–water partition coefficient (Wildman–Crippen LogP) is 5.13. The fraction of sp³-hybridized carbons (Fsp3) is 0.421. The molecule has 248 valence electrons. The van der Waals surface area contributed by atoms with E-state index in [1.807, 2.05) is 85.5 Å². The Labute approximate surface area is 277 Å². The molecule has 2 N–H and O–H groups in total. The summed E-state index contributed by atoms with van der Waals surface area (Å²) < 4.78 is 10.6. The highest BCUT2D eigenvalue weighted by Gasteiger charge is 2.48. The summed E-state index contributed by atoms with van der Waals surface area (Å²) in [6, 6.07) is 24.6. The summed E-state index contributed by atoms with van der Waals surface area (Å²) in [4.78, 5) is 55.2. The van der Waals surface area contributed by atoms with E-state index in [0.717, 1.165) is 16.7 Å². The molecule has 1 saturated heterocycles. The summed E-state index contributed by atoms with van der Waals surface area (Å²) in [5, 5.41) is 6.22. The number of carbonyl (C=O) groups is 4. The number of benzene rings is 3. The van der Waals surface area contributed by atoms with Crippen LogP contribution in [0.1, 0.15) is 85.3 Å². The van der Waals surface area contributed by atoms with E-state index >= 15 is 0 Å². The van der Waals surface area contributed by atoms with Crippen molar-refractivity contribution in [1.82, 2.24) is 15.5 Å². The zero-order valence-corrected chi connectivity index (χ0v) is 27.5. The number of nitrogens with zero attached hydrogens (tertiary/aromatic N) is 1. The first-order chi connectivity index (χ1) is 22.7. The van der Waals surface area contributed by atoms with E-state index in [-0.39, 0.29) is 48.2 Å². The van der Waals surface area contributed by atoms with Crippen LogP contribution >= 0.6 is 0 Å². The Morgan fingerprint density at radius 3 is 2.30 bits per heavy atom. The van der Waals surface area contributed by atoms with E-state index in [0.29, 0.717) is 63.1 Å². The quantitative estimate of drug-likeness (QED) is 0.222. The predicted molar refractivity (Wildman–Crippen MR) is 179 cm³/mol. The molecule has 1 aliphatic heterocycles. The van der Waals surface area contributed by atoms with Gasteiger partial charge in [0, 0.05) is 32.1 Å². The number of ether oxygens (including phenoxy) is 2. The number of carbonyl (C=O) groups excluding carboxylic acids is 4. The number of likely N-dealkylation sites (tertiary alicyclic amines) is 1. The van der Waals surface area contributed by atoms with Crippen molar-refractivity contribution in [3.63, 3.8) is 0 Å². The maximum atomic E-state index is 14.2. The van der Waals surface area contributed by atoms with E-state index in [1.54, 1.807) is 19.2 Å². The molecule has 5 rings (SSSR count). The first-order valence-corrected chi connectivity index (χ1v) is 16.6. The van der Waals surface area contributed by atoms with E-state index in [1.165, 1.54) is 0 Å². The molecule has 0 saturated carbocycles. The number of nitrogens with one attached hydrogen (secondary N) is 2. The summed E-state index contributed by atoms with van der Waals surface area (Å²) in [7, 11) is 1.55. The van der Waals surface area contributed by atoms with Gasteiger partial charge in [0.2, 0.25) is 11.8 Å². The standard InChI is InChI=1S/C38H45N3O6/c1-26(2)47-34(42)18-11-23-39-37(45)38(27-12-5-4-6-13-27)22-19-30(29-14-7-9-16-32(29)38)36(44)41-24-20-28(21-25-41)40-35(43)31-15-8-10-17-33(31)46-3/h4-10,12-17,26,28,30H,11,18-25H2,1-3H3,(H,39,45)(H,40,43)/t30-,38+/m0/s1. The van der Waals surface area contributed by atoms with Crippen molar-refractivity contribution in [2.45, 2.75) is 75.9 Å². The van der Waals surface area contributed by atoms with Gasteiger partial charge in [0.15, 0.2) is 0 Å². The zero-order chi connectivity index (χ0) is 33.4. The molecule has 0 unspecified atom stereocenters. The molecule has 2 atom stereocenters. The lowest BCUT2D eigenvalue weighted by Crippen LogP contribution is -2.51. The Kier molecular flexibility index (Phi) is 11.0. The smallest absolute Gasteiger partial charge is 0.306 e. The van der Waals surface area contributed by atoms with Crippen molar-refractivity contribution in [2.75, 3.05) is 26.7 Å². The fourth-order valence-corrected chi connectivity index (χ4v) is 6.95. The van der Waals surface area contributed by atoms with Crippen LogP contribution in [0, 0.1) is 0 Å². The molecule has 2 aliphatic rings. The molecule has 0 bridgehead atoms. The Bertz CT molecular complexity index is 1570. The first-order valence-electron chi connectivity index (χ1n) is 16.6. The van der Waals surface area contributed by atoms with Crippen LogP contribution in [0.4, 0.5) is 0 Å². The van der Waals surface area contributed by atoms with Crippen molar-refractivity contribution in [3.05, 3.63) is 101 Å². The van der Waals surface area contributed by atoms with Gasteiger partial charge in [-0.2, -0.15) is 0 Å². The van der Waals surface area contributed by atoms with Gasteiger partial charge in [-0.25, -0.2) is 0 Å².